The summed E-state index contributed by atoms with van der Waals surface area (Å²) in [6.07, 6.45) is 0. The molecule has 1 aromatic heterocycles. The Morgan fingerprint density at radius 2 is 2.22 bits per heavy atom. The van der Waals surface area contributed by atoms with Crippen LogP contribution in [-0.4, -0.2) is 21.1 Å². The average Bonchev–Trinajstić information content (AvgIpc) is 2.73. The van der Waals surface area contributed by atoms with Crippen molar-refractivity contribution in [2.75, 3.05) is 11.2 Å². The van der Waals surface area contributed by atoms with Gasteiger partial charge in [-0.3, -0.25) is 10.1 Å². The first-order valence-corrected chi connectivity index (χ1v) is 7.16. The zero-order valence-electron chi connectivity index (χ0n) is 9.34. The van der Waals surface area contributed by atoms with Crippen molar-refractivity contribution < 1.29 is 4.79 Å². The largest absolute Gasteiger partial charge is 0.299 e. The lowest BCUT2D eigenvalue weighted by Crippen LogP contribution is -2.33. The Kier molecular flexibility index (Phi) is 4.02. The number of rotatable bonds is 3. The number of carbonyl (C=O) groups is 1. The molecule has 0 aliphatic heterocycles. The topological polar surface area (TPSA) is 42.0 Å². The Balaban J connectivity index is 2.28. The van der Waals surface area contributed by atoms with Crippen LogP contribution in [0.25, 0.3) is 10.2 Å². The first-order chi connectivity index (χ1) is 8.44. The Hall–Kier alpha value is -0.550. The number of hydrogen-bond donors (Lipinski definition) is 1. The van der Waals surface area contributed by atoms with Crippen molar-refractivity contribution in [2.24, 2.45) is 0 Å². The van der Waals surface area contributed by atoms with E-state index in [1.165, 1.54) is 11.3 Å². The number of hydrogen-bond acceptors (Lipinski definition) is 3. The molecule has 0 saturated carbocycles. The van der Waals surface area contributed by atoms with E-state index < -0.39 is 10.2 Å². The zero-order chi connectivity index (χ0) is 13.3. The third-order valence-electron chi connectivity index (χ3n) is 2.34. The molecular formula is C11H9Cl3N2OS. The molecule has 0 radical (unpaired) electrons. The highest BCUT2D eigenvalue weighted by molar-refractivity contribution is 7.22. The smallest absolute Gasteiger partial charge is 0.263 e. The number of fused-ring (bicyclic) bond motifs is 1. The van der Waals surface area contributed by atoms with Crippen LogP contribution in [0.3, 0.4) is 0 Å². The number of carbonyl (C=O) groups excluding carboxylic acids is 1. The molecule has 0 aliphatic rings. The van der Waals surface area contributed by atoms with Crippen LogP contribution in [0.15, 0.2) is 18.2 Å². The molecule has 2 aromatic rings. The number of para-hydroxylation sites is 1. The number of nitrogens with zero attached hydrogens (tertiary/aromatic N) is 1. The number of alkyl halides is 3. The summed E-state index contributed by atoms with van der Waals surface area (Å²) in [4.78, 5) is 16.1. The first-order valence-electron chi connectivity index (χ1n) is 5.05. The predicted octanol–water partition coefficient (Wildman–Crippen LogP) is 3.96. The van der Waals surface area contributed by atoms with E-state index >= 15 is 0 Å². The molecule has 18 heavy (non-hydrogen) atoms. The second-order valence-electron chi connectivity index (χ2n) is 3.73. The standard InChI is InChI=1S/C11H9Cl3N2OS/c1-6-3-2-4-7-8(6)15-10(18-7)16-9(17)11(13,14)5-12/h2-4H,5H2,1H3,(H,15,16,17). The van der Waals surface area contributed by atoms with Gasteiger partial charge in [-0.15, -0.1) is 11.6 Å². The van der Waals surface area contributed by atoms with E-state index in [2.05, 4.69) is 10.3 Å². The van der Waals surface area contributed by atoms with Gasteiger partial charge < -0.3 is 0 Å². The maximum atomic E-state index is 11.7. The molecule has 7 heteroatoms. The molecule has 0 bridgehead atoms. The number of thiazole rings is 1. The van der Waals surface area contributed by atoms with Crippen LogP contribution in [-0.2, 0) is 4.79 Å². The molecule has 96 valence electrons. The van der Waals surface area contributed by atoms with Gasteiger partial charge in [-0.2, -0.15) is 0 Å². The molecular weight excluding hydrogens is 315 g/mol. The maximum Gasteiger partial charge on any atom is 0.263 e. The second kappa shape index (κ2) is 5.21. The molecule has 1 aromatic carbocycles. The van der Waals surface area contributed by atoms with Crippen LogP contribution in [0.2, 0.25) is 0 Å². The lowest BCUT2D eigenvalue weighted by atomic mass is 10.2. The zero-order valence-corrected chi connectivity index (χ0v) is 12.4. The van der Waals surface area contributed by atoms with Crippen molar-refractivity contribution in [3.8, 4) is 0 Å². The molecule has 1 heterocycles. The summed E-state index contributed by atoms with van der Waals surface area (Å²) in [6.45, 7) is 1.96. The molecule has 0 atom stereocenters. The highest BCUT2D eigenvalue weighted by atomic mass is 35.5. The van der Waals surface area contributed by atoms with Gasteiger partial charge in [-0.1, -0.05) is 46.7 Å². The Morgan fingerprint density at radius 3 is 2.83 bits per heavy atom. The number of nitrogens with one attached hydrogen (secondary N) is 1. The summed E-state index contributed by atoms with van der Waals surface area (Å²) in [5.74, 6) is -0.760. The molecule has 1 N–H and O–H groups in total. The summed E-state index contributed by atoms with van der Waals surface area (Å²) in [7, 11) is 0. The number of benzene rings is 1. The predicted molar refractivity (Wildman–Crippen MR) is 78.1 cm³/mol. The monoisotopic (exact) mass is 322 g/mol. The van der Waals surface area contributed by atoms with E-state index in [0.717, 1.165) is 15.8 Å². The fraction of sp³-hybridized carbons (Fsp3) is 0.273. The fourth-order valence-electron chi connectivity index (χ4n) is 1.39. The molecule has 1 amide bonds. The SMILES string of the molecule is Cc1cccc2sc(NC(=O)C(Cl)(Cl)CCl)nc12. The summed E-state index contributed by atoms with van der Waals surface area (Å²) >= 11 is 18.4. The minimum absolute atomic E-state index is 0.189. The van der Waals surface area contributed by atoms with Gasteiger partial charge in [0.2, 0.25) is 4.33 Å². The molecule has 0 aliphatic carbocycles. The molecule has 0 unspecified atom stereocenters. The van der Waals surface area contributed by atoms with Crippen molar-refractivity contribution in [3.63, 3.8) is 0 Å². The number of aryl methyl sites for hydroxylation is 1. The van der Waals surface area contributed by atoms with Gasteiger partial charge in [0.25, 0.3) is 5.91 Å². The Labute approximate surface area is 123 Å². The quantitative estimate of drug-likeness (QED) is 0.869. The van der Waals surface area contributed by atoms with Crippen molar-refractivity contribution in [1.82, 2.24) is 4.98 Å². The lowest BCUT2D eigenvalue weighted by molar-refractivity contribution is -0.116. The number of aromatic nitrogens is 1. The van der Waals surface area contributed by atoms with Crippen molar-refractivity contribution in [1.29, 1.82) is 0 Å². The molecule has 0 saturated heterocycles. The van der Waals surface area contributed by atoms with Gasteiger partial charge in [0.15, 0.2) is 5.13 Å². The van der Waals surface area contributed by atoms with Gasteiger partial charge in [-0.25, -0.2) is 4.98 Å². The normalized spacial score (nSPS) is 11.8. The van der Waals surface area contributed by atoms with E-state index in [0.29, 0.717) is 5.13 Å². The van der Waals surface area contributed by atoms with Gasteiger partial charge in [0.05, 0.1) is 16.1 Å². The number of halogens is 3. The van der Waals surface area contributed by atoms with E-state index in [-0.39, 0.29) is 5.88 Å². The van der Waals surface area contributed by atoms with Gasteiger partial charge in [0.1, 0.15) is 0 Å². The molecule has 0 spiro atoms. The van der Waals surface area contributed by atoms with Gasteiger partial charge >= 0.3 is 0 Å². The fourth-order valence-corrected chi connectivity index (χ4v) is 2.54. The summed E-state index contributed by atoms with van der Waals surface area (Å²) in [5, 5.41) is 3.03. The van der Waals surface area contributed by atoms with Crippen molar-refractivity contribution >= 4 is 67.4 Å². The van der Waals surface area contributed by atoms with E-state index in [4.69, 9.17) is 34.8 Å². The Bertz CT molecular complexity index is 597. The maximum absolute atomic E-state index is 11.7. The van der Waals surface area contributed by atoms with Crippen molar-refractivity contribution in [2.45, 2.75) is 11.3 Å². The minimum atomic E-state index is -1.64. The molecule has 3 nitrogen and oxygen atoms in total. The average molecular weight is 324 g/mol. The Morgan fingerprint density at radius 1 is 1.50 bits per heavy atom. The highest BCUT2D eigenvalue weighted by Crippen LogP contribution is 2.30. The van der Waals surface area contributed by atoms with Gasteiger partial charge in [-0.05, 0) is 18.6 Å². The first kappa shape index (κ1) is 13.9. The van der Waals surface area contributed by atoms with Crippen molar-refractivity contribution in [3.05, 3.63) is 23.8 Å². The van der Waals surface area contributed by atoms with E-state index in [1.54, 1.807) is 0 Å². The number of anilines is 1. The van der Waals surface area contributed by atoms with Crippen LogP contribution in [0, 0.1) is 6.92 Å². The highest BCUT2D eigenvalue weighted by Gasteiger charge is 2.33. The third kappa shape index (κ3) is 2.72. The van der Waals surface area contributed by atoms with E-state index in [9.17, 15) is 4.79 Å². The second-order valence-corrected chi connectivity index (χ2v) is 6.51. The lowest BCUT2D eigenvalue weighted by Gasteiger charge is -2.13. The van der Waals surface area contributed by atoms with Crippen LogP contribution < -0.4 is 5.32 Å². The number of amides is 1. The molecule has 2 rings (SSSR count). The summed E-state index contributed by atoms with van der Waals surface area (Å²) in [5.41, 5.74) is 1.91. The van der Waals surface area contributed by atoms with Gasteiger partial charge in [0, 0.05) is 0 Å². The van der Waals surface area contributed by atoms with Crippen LogP contribution in [0.4, 0.5) is 5.13 Å². The minimum Gasteiger partial charge on any atom is -0.299 e. The van der Waals surface area contributed by atoms with Crippen LogP contribution >= 0.6 is 46.1 Å². The van der Waals surface area contributed by atoms with Crippen LogP contribution in [0.5, 0.6) is 0 Å². The van der Waals surface area contributed by atoms with Crippen LogP contribution in [0.1, 0.15) is 5.56 Å². The summed E-state index contributed by atoms with van der Waals surface area (Å²) in [6, 6.07) is 5.83. The third-order valence-corrected chi connectivity index (χ3v) is 4.56. The summed E-state index contributed by atoms with van der Waals surface area (Å²) < 4.78 is -0.653. The molecule has 0 fully saturated rings. The van der Waals surface area contributed by atoms with E-state index in [1.807, 2.05) is 25.1 Å².